The monoisotopic (exact) mass is 596 g/mol. The molecular weight excluding hydrogens is 559 g/mol. The fourth-order valence-electron chi connectivity index (χ4n) is 3.78. The highest BCUT2D eigenvalue weighted by molar-refractivity contribution is 8.21. The Labute approximate surface area is 242 Å². The van der Waals surface area contributed by atoms with Gasteiger partial charge in [-0.15, -0.1) is 23.5 Å². The molecule has 13 heteroatoms. The van der Waals surface area contributed by atoms with E-state index in [2.05, 4.69) is 16.0 Å². The lowest BCUT2D eigenvalue weighted by Gasteiger charge is -2.27. The number of carbonyl (C=O) groups is 5. The summed E-state index contributed by atoms with van der Waals surface area (Å²) in [6.07, 6.45) is 2.60. The zero-order valence-corrected chi connectivity index (χ0v) is 24.4. The number of benzene rings is 1. The minimum Gasteiger partial charge on any atom is -0.463 e. The number of nitrogens with one attached hydrogen (secondary N) is 3. The maximum Gasteiger partial charge on any atom is 0.330 e. The highest BCUT2D eigenvalue weighted by Crippen LogP contribution is 2.32. The topological polar surface area (TPSA) is 157 Å². The maximum absolute atomic E-state index is 13.5. The Morgan fingerprint density at radius 3 is 2.27 bits per heavy atom. The van der Waals surface area contributed by atoms with Crippen LogP contribution in [0.25, 0.3) is 0 Å². The van der Waals surface area contributed by atoms with Gasteiger partial charge in [0, 0.05) is 36.5 Å². The van der Waals surface area contributed by atoms with Gasteiger partial charge in [0.1, 0.15) is 22.5 Å². The molecule has 1 aliphatic heterocycles. The van der Waals surface area contributed by atoms with E-state index in [0.29, 0.717) is 5.56 Å². The largest absolute Gasteiger partial charge is 0.463 e. The second-order valence-corrected chi connectivity index (χ2v) is 12.2. The zero-order chi connectivity index (χ0) is 29.7. The van der Waals surface area contributed by atoms with Crippen LogP contribution in [0, 0.1) is 11.7 Å². The van der Waals surface area contributed by atoms with Crippen molar-refractivity contribution in [3.63, 3.8) is 0 Å². The van der Waals surface area contributed by atoms with Gasteiger partial charge in [0.25, 0.3) is 0 Å². The molecular formula is C27H37FN4O6S2. The van der Waals surface area contributed by atoms with Crippen molar-refractivity contribution in [2.75, 3.05) is 18.1 Å². The standard InChI is InChI=1S/C27H37FN4O6S2/c1-4-38-22(34)12-10-19(9-11-21(29)33)30-24(35)20(15-17-5-7-18(28)8-6-17)31-25(36)23(16(2)3)32-26(37)27-39-13-14-40-27/h5-8,10,12,16,19-20,23,27H,4,9,11,13-15H2,1-3H3,(H2,29,33)(H,30,35)(H,31,36)(H,32,37)/b12-10+/t19-,20-,23-/m0/s1. The Morgan fingerprint density at radius 1 is 1.05 bits per heavy atom. The van der Waals surface area contributed by atoms with Gasteiger partial charge in [0.2, 0.25) is 23.6 Å². The van der Waals surface area contributed by atoms with Crippen LogP contribution in [0.2, 0.25) is 0 Å². The van der Waals surface area contributed by atoms with Gasteiger partial charge < -0.3 is 26.4 Å². The first-order chi connectivity index (χ1) is 19.0. The zero-order valence-electron chi connectivity index (χ0n) is 22.8. The van der Waals surface area contributed by atoms with Gasteiger partial charge in [-0.05, 0) is 37.0 Å². The predicted octanol–water partition coefficient (Wildman–Crippen LogP) is 1.67. The molecule has 4 amide bonds. The van der Waals surface area contributed by atoms with Crippen LogP contribution in [-0.2, 0) is 35.1 Å². The summed E-state index contributed by atoms with van der Waals surface area (Å²) < 4.78 is 18.1. The molecule has 220 valence electrons. The van der Waals surface area contributed by atoms with Gasteiger partial charge in [-0.2, -0.15) is 0 Å². The summed E-state index contributed by atoms with van der Waals surface area (Å²) in [6, 6.07) is 2.72. The van der Waals surface area contributed by atoms with Gasteiger partial charge >= 0.3 is 5.97 Å². The Bertz CT molecular complexity index is 1060. The minimum atomic E-state index is -1.11. The number of carbonyl (C=O) groups excluding carboxylic acids is 5. The average Bonchev–Trinajstić information content (AvgIpc) is 3.44. The summed E-state index contributed by atoms with van der Waals surface area (Å²) in [5.74, 6) is -1.63. The molecule has 0 bridgehead atoms. The number of rotatable bonds is 15. The Kier molecular flexibility index (Phi) is 14.0. The molecule has 1 saturated heterocycles. The Hall–Kier alpha value is -3.06. The molecule has 10 nitrogen and oxygen atoms in total. The molecule has 40 heavy (non-hydrogen) atoms. The highest BCUT2D eigenvalue weighted by Gasteiger charge is 2.32. The van der Waals surface area contributed by atoms with Gasteiger partial charge in [-0.1, -0.05) is 32.1 Å². The van der Waals surface area contributed by atoms with Crippen LogP contribution in [0.15, 0.2) is 36.4 Å². The predicted molar refractivity (Wildman–Crippen MR) is 154 cm³/mol. The first kappa shape index (κ1) is 33.1. The number of ether oxygens (including phenoxy) is 1. The third-order valence-corrected chi connectivity index (χ3v) is 8.84. The van der Waals surface area contributed by atoms with E-state index in [4.69, 9.17) is 10.5 Å². The first-order valence-electron chi connectivity index (χ1n) is 13.0. The number of halogens is 1. The third-order valence-electron chi connectivity index (χ3n) is 5.85. The van der Waals surface area contributed by atoms with Crippen molar-refractivity contribution >= 4 is 53.1 Å². The molecule has 1 fully saturated rings. The van der Waals surface area contributed by atoms with Crippen LogP contribution < -0.4 is 21.7 Å². The van der Waals surface area contributed by atoms with Gasteiger partial charge in [-0.3, -0.25) is 19.2 Å². The lowest BCUT2D eigenvalue weighted by Crippen LogP contribution is -2.57. The average molecular weight is 597 g/mol. The molecule has 0 saturated carbocycles. The van der Waals surface area contributed by atoms with Crippen LogP contribution in [0.1, 0.15) is 39.2 Å². The minimum absolute atomic E-state index is 0.0229. The molecule has 3 atom stereocenters. The molecule has 2 rings (SSSR count). The van der Waals surface area contributed by atoms with Gasteiger partial charge in [-0.25, -0.2) is 9.18 Å². The summed E-state index contributed by atoms with van der Waals surface area (Å²) in [5.41, 5.74) is 5.85. The van der Waals surface area contributed by atoms with Crippen molar-refractivity contribution in [1.82, 2.24) is 16.0 Å². The maximum atomic E-state index is 13.5. The van der Waals surface area contributed by atoms with E-state index in [1.54, 1.807) is 20.8 Å². The van der Waals surface area contributed by atoms with E-state index in [1.165, 1.54) is 53.9 Å². The van der Waals surface area contributed by atoms with Crippen molar-refractivity contribution in [1.29, 1.82) is 0 Å². The molecule has 0 spiro atoms. The lowest BCUT2D eigenvalue weighted by molar-refractivity contribution is -0.137. The van der Waals surface area contributed by atoms with E-state index >= 15 is 0 Å². The number of nitrogens with two attached hydrogens (primary N) is 1. The Morgan fingerprint density at radius 2 is 1.70 bits per heavy atom. The molecule has 1 heterocycles. The third kappa shape index (κ3) is 11.6. The van der Waals surface area contributed by atoms with E-state index in [-0.39, 0.29) is 42.3 Å². The van der Waals surface area contributed by atoms with Crippen LogP contribution in [0.3, 0.4) is 0 Å². The number of primary amides is 1. The highest BCUT2D eigenvalue weighted by atomic mass is 32.2. The number of esters is 1. The molecule has 5 N–H and O–H groups in total. The molecule has 1 aromatic rings. The summed E-state index contributed by atoms with van der Waals surface area (Å²) in [4.78, 5) is 62.7. The van der Waals surface area contributed by atoms with Crippen LogP contribution >= 0.6 is 23.5 Å². The fraction of sp³-hybridized carbons (Fsp3) is 0.519. The van der Waals surface area contributed by atoms with Crippen molar-refractivity contribution < 1.29 is 33.1 Å². The van der Waals surface area contributed by atoms with Crippen molar-refractivity contribution in [3.8, 4) is 0 Å². The summed E-state index contributed by atoms with van der Waals surface area (Å²) in [5, 5.41) is 8.27. The van der Waals surface area contributed by atoms with E-state index in [1.807, 2.05) is 0 Å². The SMILES string of the molecule is CCOC(=O)/C=C/[C@H](CCC(N)=O)NC(=O)[C@H](Cc1ccc(F)cc1)NC(=O)[C@@H](NC(=O)C1SCCS1)C(C)C. The number of hydrogen-bond donors (Lipinski definition) is 4. The van der Waals surface area contributed by atoms with Gasteiger partial charge in [0.05, 0.1) is 6.61 Å². The van der Waals surface area contributed by atoms with E-state index in [0.717, 1.165) is 17.6 Å². The van der Waals surface area contributed by atoms with Gasteiger partial charge in [0.15, 0.2) is 0 Å². The Balaban J connectivity index is 2.24. The molecule has 0 aromatic heterocycles. The van der Waals surface area contributed by atoms with E-state index < -0.39 is 47.6 Å². The van der Waals surface area contributed by atoms with Crippen molar-refractivity contribution in [2.45, 2.75) is 62.7 Å². The molecule has 1 aromatic carbocycles. The summed E-state index contributed by atoms with van der Waals surface area (Å²) in [6.45, 7) is 5.39. The number of amides is 4. The van der Waals surface area contributed by atoms with Crippen LogP contribution in [-0.4, -0.2) is 70.4 Å². The van der Waals surface area contributed by atoms with Crippen molar-refractivity contribution in [2.24, 2.45) is 11.7 Å². The van der Waals surface area contributed by atoms with Crippen LogP contribution in [0.5, 0.6) is 0 Å². The van der Waals surface area contributed by atoms with E-state index in [9.17, 15) is 28.4 Å². The number of hydrogen-bond acceptors (Lipinski definition) is 8. The second kappa shape index (κ2) is 16.9. The summed E-state index contributed by atoms with van der Waals surface area (Å²) in [7, 11) is 0. The molecule has 0 aliphatic carbocycles. The normalized spacial score (nSPS) is 15.8. The fourth-order valence-corrected chi connectivity index (χ4v) is 6.37. The lowest BCUT2D eigenvalue weighted by atomic mass is 10.0. The molecule has 0 unspecified atom stereocenters. The number of thioether (sulfide) groups is 2. The molecule has 0 radical (unpaired) electrons. The second-order valence-electron chi connectivity index (χ2n) is 9.43. The van der Waals surface area contributed by atoms with Crippen molar-refractivity contribution in [3.05, 3.63) is 47.8 Å². The smallest absolute Gasteiger partial charge is 0.330 e. The first-order valence-corrected chi connectivity index (χ1v) is 15.1. The molecule has 1 aliphatic rings. The summed E-state index contributed by atoms with van der Waals surface area (Å²) >= 11 is 3.03. The quantitative estimate of drug-likeness (QED) is 0.176. The van der Waals surface area contributed by atoms with Crippen LogP contribution in [0.4, 0.5) is 4.39 Å².